The normalized spacial score (nSPS) is 9.96. The zero-order chi connectivity index (χ0) is 18.2. The van der Waals surface area contributed by atoms with Crippen LogP contribution in [0.1, 0.15) is 16.8 Å². The van der Waals surface area contributed by atoms with Gasteiger partial charge in [-0.15, -0.1) is 0 Å². The molecule has 128 valence electrons. The Bertz CT molecular complexity index is 803. The largest absolute Gasteiger partial charge is 0.452 e. The number of benzene rings is 2. The van der Waals surface area contributed by atoms with Crippen LogP contribution in [0.2, 0.25) is 5.02 Å². The maximum Gasteiger partial charge on any atom is 0.340 e. The fourth-order valence-electron chi connectivity index (χ4n) is 2.09. The summed E-state index contributed by atoms with van der Waals surface area (Å²) in [6, 6.07) is 13.5. The molecule has 25 heavy (non-hydrogen) atoms. The highest BCUT2D eigenvalue weighted by Crippen LogP contribution is 2.18. The molecule has 0 radical (unpaired) electrons. The van der Waals surface area contributed by atoms with Crippen molar-refractivity contribution < 1.29 is 18.7 Å². The lowest BCUT2D eigenvalue weighted by Gasteiger charge is -2.21. The molecule has 2 rings (SSSR count). The van der Waals surface area contributed by atoms with Gasteiger partial charge >= 0.3 is 5.97 Å². The second kappa shape index (κ2) is 8.81. The first kappa shape index (κ1) is 18.4. The van der Waals surface area contributed by atoms with Crippen molar-refractivity contribution in [1.29, 1.82) is 5.26 Å². The minimum atomic E-state index is -0.724. The Hall–Kier alpha value is -2.91. The van der Waals surface area contributed by atoms with Gasteiger partial charge in [-0.3, -0.25) is 4.79 Å². The number of esters is 1. The number of carbonyl (C=O) groups excluding carboxylic acids is 2. The second-order valence-electron chi connectivity index (χ2n) is 4.99. The van der Waals surface area contributed by atoms with Crippen LogP contribution < -0.4 is 4.90 Å². The standard InChI is InChI=1S/C18H14ClFN2O3/c19-16-5-2-1-4-15(16)18(24)25-12-17(23)22(11-3-10-21)14-8-6-13(20)7-9-14/h1-2,4-9H,3,11-12H2. The first-order valence-corrected chi connectivity index (χ1v) is 7.75. The molecule has 0 atom stereocenters. The van der Waals surface area contributed by atoms with Crippen LogP contribution in [-0.4, -0.2) is 25.0 Å². The minimum absolute atomic E-state index is 0.0849. The molecule has 2 aromatic rings. The van der Waals surface area contributed by atoms with Gasteiger partial charge in [0.2, 0.25) is 0 Å². The van der Waals surface area contributed by atoms with Crippen LogP contribution in [0.15, 0.2) is 48.5 Å². The number of hydrogen-bond acceptors (Lipinski definition) is 4. The number of anilines is 1. The lowest BCUT2D eigenvalue weighted by molar-refractivity contribution is -0.121. The number of amides is 1. The van der Waals surface area contributed by atoms with Gasteiger partial charge in [0.25, 0.3) is 5.91 Å². The molecule has 0 spiro atoms. The highest BCUT2D eigenvalue weighted by atomic mass is 35.5. The molecule has 0 saturated carbocycles. The van der Waals surface area contributed by atoms with Crippen LogP contribution in [0, 0.1) is 17.1 Å². The van der Waals surface area contributed by atoms with Crippen LogP contribution in [0.25, 0.3) is 0 Å². The van der Waals surface area contributed by atoms with E-state index in [9.17, 15) is 14.0 Å². The summed E-state index contributed by atoms with van der Waals surface area (Å²) in [5.74, 6) is -1.69. The fourth-order valence-corrected chi connectivity index (χ4v) is 2.30. The van der Waals surface area contributed by atoms with Gasteiger partial charge in [-0.05, 0) is 36.4 Å². The van der Waals surface area contributed by atoms with E-state index in [2.05, 4.69) is 0 Å². The van der Waals surface area contributed by atoms with Crippen LogP contribution in [0.4, 0.5) is 10.1 Å². The van der Waals surface area contributed by atoms with E-state index in [4.69, 9.17) is 21.6 Å². The average molecular weight is 361 g/mol. The van der Waals surface area contributed by atoms with Gasteiger partial charge in [-0.25, -0.2) is 9.18 Å². The van der Waals surface area contributed by atoms with Crippen molar-refractivity contribution in [3.63, 3.8) is 0 Å². The van der Waals surface area contributed by atoms with Crippen molar-refractivity contribution in [2.75, 3.05) is 18.1 Å². The molecule has 0 aromatic heterocycles. The van der Waals surface area contributed by atoms with Crippen molar-refractivity contribution in [2.24, 2.45) is 0 Å². The molecule has 0 aliphatic carbocycles. The molecule has 1 amide bonds. The molecule has 0 saturated heterocycles. The molecule has 0 aliphatic heterocycles. The highest BCUT2D eigenvalue weighted by molar-refractivity contribution is 6.33. The van der Waals surface area contributed by atoms with Crippen LogP contribution in [-0.2, 0) is 9.53 Å². The van der Waals surface area contributed by atoms with Crippen molar-refractivity contribution in [3.8, 4) is 6.07 Å². The zero-order valence-electron chi connectivity index (χ0n) is 13.1. The maximum absolute atomic E-state index is 13.0. The van der Waals surface area contributed by atoms with Gasteiger partial charge in [0.1, 0.15) is 5.82 Å². The Kier molecular flexibility index (Phi) is 6.49. The number of carbonyl (C=O) groups is 2. The Morgan fingerprint density at radius 3 is 2.48 bits per heavy atom. The fraction of sp³-hybridized carbons (Fsp3) is 0.167. The summed E-state index contributed by atoms with van der Waals surface area (Å²) in [5, 5.41) is 8.96. The topological polar surface area (TPSA) is 70.4 Å². The molecule has 2 aromatic carbocycles. The zero-order valence-corrected chi connectivity index (χ0v) is 13.9. The van der Waals surface area contributed by atoms with Gasteiger partial charge in [0.05, 0.1) is 23.1 Å². The third-order valence-electron chi connectivity index (χ3n) is 3.31. The lowest BCUT2D eigenvalue weighted by atomic mass is 10.2. The molecular weight excluding hydrogens is 347 g/mol. The Morgan fingerprint density at radius 1 is 1.16 bits per heavy atom. The van der Waals surface area contributed by atoms with Gasteiger partial charge in [0.15, 0.2) is 6.61 Å². The lowest BCUT2D eigenvalue weighted by Crippen LogP contribution is -2.35. The van der Waals surface area contributed by atoms with Crippen molar-refractivity contribution in [1.82, 2.24) is 0 Å². The van der Waals surface area contributed by atoms with Crippen molar-refractivity contribution in [2.45, 2.75) is 6.42 Å². The summed E-state index contributed by atoms with van der Waals surface area (Å²) >= 11 is 5.91. The number of rotatable bonds is 6. The number of nitrogens with zero attached hydrogens (tertiary/aromatic N) is 2. The predicted octanol–water partition coefficient (Wildman–Crippen LogP) is 3.58. The number of nitriles is 1. The SMILES string of the molecule is N#CCCN(C(=O)COC(=O)c1ccccc1Cl)c1ccc(F)cc1. The predicted molar refractivity (Wildman–Crippen MR) is 90.7 cm³/mol. The summed E-state index contributed by atoms with van der Waals surface area (Å²) in [7, 11) is 0. The Labute approximate surface area is 149 Å². The molecule has 0 aliphatic rings. The molecule has 7 heteroatoms. The summed E-state index contributed by atoms with van der Waals surface area (Å²) in [6.07, 6.45) is 0.0849. The van der Waals surface area contributed by atoms with Crippen LogP contribution >= 0.6 is 11.6 Å². The number of hydrogen-bond donors (Lipinski definition) is 0. The first-order chi connectivity index (χ1) is 12.0. The van der Waals surface area contributed by atoms with Crippen LogP contribution in [0.5, 0.6) is 0 Å². The molecule has 0 N–H and O–H groups in total. The van der Waals surface area contributed by atoms with Crippen molar-refractivity contribution >= 4 is 29.2 Å². The molecule has 0 heterocycles. The van der Waals surface area contributed by atoms with E-state index in [0.717, 1.165) is 0 Å². The third kappa shape index (κ3) is 5.03. The summed E-state index contributed by atoms with van der Waals surface area (Å²) in [4.78, 5) is 25.6. The third-order valence-corrected chi connectivity index (χ3v) is 3.64. The van der Waals surface area contributed by atoms with E-state index >= 15 is 0 Å². The highest BCUT2D eigenvalue weighted by Gasteiger charge is 2.19. The monoisotopic (exact) mass is 360 g/mol. The molecule has 0 bridgehead atoms. The van der Waals surface area contributed by atoms with Gasteiger partial charge in [-0.1, -0.05) is 23.7 Å². The Morgan fingerprint density at radius 2 is 1.84 bits per heavy atom. The molecule has 5 nitrogen and oxygen atoms in total. The average Bonchev–Trinajstić information content (AvgIpc) is 2.61. The summed E-state index contributed by atoms with van der Waals surface area (Å²) in [5.41, 5.74) is 0.567. The minimum Gasteiger partial charge on any atom is -0.452 e. The van der Waals surface area contributed by atoms with Gasteiger partial charge in [-0.2, -0.15) is 5.26 Å². The smallest absolute Gasteiger partial charge is 0.340 e. The van der Waals surface area contributed by atoms with E-state index in [1.165, 1.54) is 41.3 Å². The molecule has 0 fully saturated rings. The van der Waals surface area contributed by atoms with E-state index in [0.29, 0.717) is 5.69 Å². The van der Waals surface area contributed by atoms with Crippen molar-refractivity contribution in [3.05, 3.63) is 64.9 Å². The van der Waals surface area contributed by atoms with E-state index in [1.54, 1.807) is 12.1 Å². The Balaban J connectivity index is 2.07. The number of ether oxygens (including phenoxy) is 1. The summed E-state index contributed by atoms with van der Waals surface area (Å²) < 4.78 is 18.1. The molecular formula is C18H14ClFN2O3. The van der Waals surface area contributed by atoms with E-state index in [1.807, 2.05) is 6.07 Å². The van der Waals surface area contributed by atoms with E-state index < -0.39 is 24.3 Å². The first-order valence-electron chi connectivity index (χ1n) is 7.37. The van der Waals surface area contributed by atoms with Gasteiger partial charge < -0.3 is 9.64 Å². The summed E-state index contributed by atoms with van der Waals surface area (Å²) in [6.45, 7) is -0.419. The maximum atomic E-state index is 13.0. The second-order valence-corrected chi connectivity index (χ2v) is 5.39. The molecule has 0 unspecified atom stereocenters. The van der Waals surface area contributed by atoms with Crippen LogP contribution in [0.3, 0.4) is 0 Å². The van der Waals surface area contributed by atoms with E-state index in [-0.39, 0.29) is 23.6 Å². The number of halogens is 2. The van der Waals surface area contributed by atoms with Gasteiger partial charge in [0, 0.05) is 12.2 Å². The quantitative estimate of drug-likeness (QED) is 0.738.